The Labute approximate surface area is 133 Å². The predicted octanol–water partition coefficient (Wildman–Crippen LogP) is 1.04. The van der Waals surface area contributed by atoms with E-state index in [4.69, 9.17) is 14.9 Å². The van der Waals surface area contributed by atoms with Gasteiger partial charge >= 0.3 is 5.97 Å². The number of ether oxygens (including phenoxy) is 1. The van der Waals surface area contributed by atoms with Gasteiger partial charge in [0.1, 0.15) is 18.9 Å². The van der Waals surface area contributed by atoms with Gasteiger partial charge in [0.25, 0.3) is 5.91 Å². The third-order valence-corrected chi connectivity index (χ3v) is 3.07. The van der Waals surface area contributed by atoms with Crippen molar-refractivity contribution in [1.82, 2.24) is 10.3 Å². The summed E-state index contributed by atoms with van der Waals surface area (Å²) in [5.74, 6) is -0.633. The summed E-state index contributed by atoms with van der Waals surface area (Å²) in [6.45, 7) is 2.08. The van der Waals surface area contributed by atoms with E-state index < -0.39 is 17.9 Å². The van der Waals surface area contributed by atoms with Gasteiger partial charge in [-0.2, -0.15) is 0 Å². The van der Waals surface area contributed by atoms with Gasteiger partial charge in [0, 0.05) is 13.0 Å². The summed E-state index contributed by atoms with van der Waals surface area (Å²) in [4.78, 5) is 27.9. The Morgan fingerprint density at radius 1 is 1.35 bits per heavy atom. The number of carbonyl (C=O) groups excluding carboxylic acids is 2. The molecule has 0 fully saturated rings. The van der Waals surface area contributed by atoms with Crippen LogP contribution >= 0.6 is 0 Å². The first-order valence-corrected chi connectivity index (χ1v) is 7.26. The molecule has 1 heterocycles. The van der Waals surface area contributed by atoms with Crippen LogP contribution in [0, 0.1) is 0 Å². The molecular formula is C16H19N3O4. The Bertz CT molecular complexity index is 654. The first kappa shape index (κ1) is 16.7. The third kappa shape index (κ3) is 4.93. The van der Waals surface area contributed by atoms with E-state index in [1.54, 1.807) is 6.92 Å². The van der Waals surface area contributed by atoms with Gasteiger partial charge in [-0.1, -0.05) is 30.3 Å². The summed E-state index contributed by atoms with van der Waals surface area (Å²) in [6.07, 6.45) is 1.68. The summed E-state index contributed by atoms with van der Waals surface area (Å²) in [7, 11) is 0. The standard InChI is InChI=1S/C16H19N3O4/c1-11(16(21)23-9-12-5-3-2-4-6-12)18-15(20)13-10-22-14(19-13)7-8-17/h2-6,10-11H,7-9,17H2,1H3,(H,18,20). The molecule has 2 aromatic rings. The molecule has 0 spiro atoms. The molecule has 0 bridgehead atoms. The fraction of sp³-hybridized carbons (Fsp3) is 0.312. The Hall–Kier alpha value is -2.67. The number of aromatic nitrogens is 1. The molecule has 0 saturated heterocycles. The molecule has 0 radical (unpaired) electrons. The first-order valence-electron chi connectivity index (χ1n) is 7.26. The molecule has 0 aliphatic carbocycles. The number of amides is 1. The van der Waals surface area contributed by atoms with Gasteiger partial charge in [-0.15, -0.1) is 0 Å². The lowest BCUT2D eigenvalue weighted by molar-refractivity contribution is -0.146. The molecular weight excluding hydrogens is 298 g/mol. The minimum atomic E-state index is -0.791. The summed E-state index contributed by atoms with van der Waals surface area (Å²) < 4.78 is 10.3. The first-order chi connectivity index (χ1) is 11.1. The third-order valence-electron chi connectivity index (χ3n) is 3.07. The fourth-order valence-corrected chi connectivity index (χ4v) is 1.84. The number of nitrogens with one attached hydrogen (secondary N) is 1. The Kier molecular flexibility index (Phi) is 5.87. The van der Waals surface area contributed by atoms with Crippen LogP contribution in [0.3, 0.4) is 0 Å². The average molecular weight is 317 g/mol. The van der Waals surface area contributed by atoms with Crippen LogP contribution in [-0.4, -0.2) is 29.4 Å². The van der Waals surface area contributed by atoms with E-state index in [1.165, 1.54) is 6.26 Å². The van der Waals surface area contributed by atoms with Gasteiger partial charge in [-0.3, -0.25) is 4.79 Å². The molecule has 23 heavy (non-hydrogen) atoms. The zero-order chi connectivity index (χ0) is 16.7. The molecule has 122 valence electrons. The van der Waals surface area contributed by atoms with E-state index in [0.29, 0.717) is 18.9 Å². The van der Waals surface area contributed by atoms with Crippen molar-refractivity contribution in [2.75, 3.05) is 6.54 Å². The molecule has 1 amide bonds. The zero-order valence-corrected chi connectivity index (χ0v) is 12.8. The number of esters is 1. The van der Waals surface area contributed by atoms with Crippen molar-refractivity contribution in [2.45, 2.75) is 26.0 Å². The lowest BCUT2D eigenvalue weighted by Gasteiger charge is -2.12. The van der Waals surface area contributed by atoms with E-state index >= 15 is 0 Å². The van der Waals surface area contributed by atoms with E-state index in [-0.39, 0.29) is 12.3 Å². The van der Waals surface area contributed by atoms with Gasteiger partial charge in [-0.25, -0.2) is 9.78 Å². The summed E-state index contributed by atoms with van der Waals surface area (Å²) >= 11 is 0. The summed E-state index contributed by atoms with van der Waals surface area (Å²) in [5.41, 5.74) is 6.37. The van der Waals surface area contributed by atoms with Crippen molar-refractivity contribution in [2.24, 2.45) is 5.73 Å². The van der Waals surface area contributed by atoms with E-state index in [0.717, 1.165) is 5.56 Å². The summed E-state index contributed by atoms with van der Waals surface area (Å²) in [6, 6.07) is 8.51. The molecule has 0 aliphatic heterocycles. The van der Waals surface area contributed by atoms with Gasteiger partial charge in [0.2, 0.25) is 0 Å². The van der Waals surface area contributed by atoms with Crippen molar-refractivity contribution < 1.29 is 18.7 Å². The second-order valence-corrected chi connectivity index (χ2v) is 4.95. The maximum atomic E-state index is 12.0. The van der Waals surface area contributed by atoms with Crippen LogP contribution in [0.15, 0.2) is 41.0 Å². The molecule has 7 nitrogen and oxygen atoms in total. The quantitative estimate of drug-likeness (QED) is 0.739. The van der Waals surface area contributed by atoms with E-state index in [2.05, 4.69) is 10.3 Å². The van der Waals surface area contributed by atoms with Crippen LogP contribution in [0.25, 0.3) is 0 Å². The summed E-state index contributed by atoms with van der Waals surface area (Å²) in [5, 5.41) is 2.52. The Morgan fingerprint density at radius 2 is 2.09 bits per heavy atom. The number of hydrogen-bond donors (Lipinski definition) is 2. The van der Waals surface area contributed by atoms with Gasteiger partial charge < -0.3 is 20.2 Å². The molecule has 1 unspecified atom stereocenters. The molecule has 3 N–H and O–H groups in total. The minimum Gasteiger partial charge on any atom is -0.459 e. The number of nitrogens with two attached hydrogens (primary N) is 1. The van der Waals surface area contributed by atoms with Crippen molar-refractivity contribution in [3.8, 4) is 0 Å². The highest BCUT2D eigenvalue weighted by molar-refractivity contribution is 5.94. The molecule has 1 aromatic carbocycles. The lowest BCUT2D eigenvalue weighted by Crippen LogP contribution is -2.39. The predicted molar refractivity (Wildman–Crippen MR) is 82.4 cm³/mol. The number of oxazole rings is 1. The van der Waals surface area contributed by atoms with Crippen molar-refractivity contribution in [3.63, 3.8) is 0 Å². The Morgan fingerprint density at radius 3 is 2.78 bits per heavy atom. The highest BCUT2D eigenvalue weighted by Crippen LogP contribution is 2.04. The molecule has 0 aliphatic rings. The molecule has 0 saturated carbocycles. The largest absolute Gasteiger partial charge is 0.459 e. The fourth-order valence-electron chi connectivity index (χ4n) is 1.84. The number of benzene rings is 1. The maximum Gasteiger partial charge on any atom is 0.328 e. The average Bonchev–Trinajstić information content (AvgIpc) is 3.02. The SMILES string of the molecule is CC(NC(=O)c1coc(CCN)n1)C(=O)OCc1ccccc1. The van der Waals surface area contributed by atoms with Crippen LogP contribution in [0.2, 0.25) is 0 Å². The monoisotopic (exact) mass is 317 g/mol. The van der Waals surface area contributed by atoms with Crippen LogP contribution < -0.4 is 11.1 Å². The molecule has 1 atom stereocenters. The lowest BCUT2D eigenvalue weighted by atomic mass is 10.2. The van der Waals surface area contributed by atoms with Gasteiger partial charge in [0.05, 0.1) is 0 Å². The number of carbonyl (C=O) groups is 2. The molecule has 7 heteroatoms. The highest BCUT2D eigenvalue weighted by Gasteiger charge is 2.20. The van der Waals surface area contributed by atoms with Crippen molar-refractivity contribution in [3.05, 3.63) is 53.7 Å². The van der Waals surface area contributed by atoms with Crippen LogP contribution in [-0.2, 0) is 22.6 Å². The van der Waals surface area contributed by atoms with Crippen molar-refractivity contribution >= 4 is 11.9 Å². The number of hydrogen-bond acceptors (Lipinski definition) is 6. The van der Waals surface area contributed by atoms with Crippen molar-refractivity contribution in [1.29, 1.82) is 0 Å². The van der Waals surface area contributed by atoms with Crippen LogP contribution in [0.1, 0.15) is 28.9 Å². The van der Waals surface area contributed by atoms with Gasteiger partial charge in [0.15, 0.2) is 11.6 Å². The van der Waals surface area contributed by atoms with Gasteiger partial charge in [-0.05, 0) is 12.5 Å². The number of nitrogens with zero attached hydrogens (tertiary/aromatic N) is 1. The smallest absolute Gasteiger partial charge is 0.328 e. The zero-order valence-electron chi connectivity index (χ0n) is 12.8. The van der Waals surface area contributed by atoms with Crippen LogP contribution in [0.4, 0.5) is 0 Å². The minimum absolute atomic E-state index is 0.108. The van der Waals surface area contributed by atoms with E-state index in [9.17, 15) is 9.59 Å². The Balaban J connectivity index is 1.83. The topological polar surface area (TPSA) is 107 Å². The normalized spacial score (nSPS) is 11.7. The van der Waals surface area contributed by atoms with Crippen LogP contribution in [0.5, 0.6) is 0 Å². The van der Waals surface area contributed by atoms with E-state index in [1.807, 2.05) is 30.3 Å². The highest BCUT2D eigenvalue weighted by atomic mass is 16.5. The molecule has 2 rings (SSSR count). The number of rotatable bonds is 7. The molecule has 1 aromatic heterocycles. The second-order valence-electron chi connectivity index (χ2n) is 4.95. The second kappa shape index (κ2) is 8.09. The maximum absolute atomic E-state index is 12.0.